The standard InChI is InChI=1S/C9H12N6/c1-6-7(5-15(2)14-6)12-9-4-11-3-8(10)13-9/h3-5H,1-2H3,(H3,10,12,13). The highest BCUT2D eigenvalue weighted by Crippen LogP contribution is 2.16. The van der Waals surface area contributed by atoms with Crippen LogP contribution in [0.5, 0.6) is 0 Å². The fraction of sp³-hybridized carbons (Fsp3) is 0.222. The third kappa shape index (κ3) is 2.04. The van der Waals surface area contributed by atoms with Gasteiger partial charge in [0.05, 0.1) is 23.8 Å². The van der Waals surface area contributed by atoms with Crippen molar-refractivity contribution in [2.24, 2.45) is 7.05 Å². The molecule has 0 aliphatic rings. The van der Waals surface area contributed by atoms with Gasteiger partial charge >= 0.3 is 0 Å². The topological polar surface area (TPSA) is 81.7 Å². The average Bonchev–Trinajstić information content (AvgIpc) is 2.45. The van der Waals surface area contributed by atoms with Crippen molar-refractivity contribution in [1.82, 2.24) is 19.7 Å². The second kappa shape index (κ2) is 3.56. The first-order chi connectivity index (χ1) is 7.15. The van der Waals surface area contributed by atoms with Crippen molar-refractivity contribution in [3.63, 3.8) is 0 Å². The summed E-state index contributed by atoms with van der Waals surface area (Å²) in [5, 5.41) is 7.30. The third-order valence-electron chi connectivity index (χ3n) is 1.93. The minimum Gasteiger partial charge on any atom is -0.382 e. The molecule has 0 amide bonds. The summed E-state index contributed by atoms with van der Waals surface area (Å²) >= 11 is 0. The van der Waals surface area contributed by atoms with Crippen molar-refractivity contribution in [1.29, 1.82) is 0 Å². The maximum Gasteiger partial charge on any atom is 0.151 e. The molecule has 2 aromatic rings. The van der Waals surface area contributed by atoms with Crippen LogP contribution in [0.25, 0.3) is 0 Å². The molecule has 6 heteroatoms. The van der Waals surface area contributed by atoms with Gasteiger partial charge in [0.1, 0.15) is 5.82 Å². The molecule has 0 aromatic carbocycles. The van der Waals surface area contributed by atoms with E-state index in [9.17, 15) is 0 Å². The zero-order chi connectivity index (χ0) is 10.8. The average molecular weight is 204 g/mol. The molecule has 2 heterocycles. The summed E-state index contributed by atoms with van der Waals surface area (Å²) in [5.74, 6) is 1.01. The lowest BCUT2D eigenvalue weighted by molar-refractivity contribution is 0.756. The van der Waals surface area contributed by atoms with Crippen molar-refractivity contribution in [2.45, 2.75) is 6.92 Å². The van der Waals surface area contributed by atoms with Crippen molar-refractivity contribution >= 4 is 17.3 Å². The van der Waals surface area contributed by atoms with Gasteiger partial charge in [0.2, 0.25) is 0 Å². The summed E-state index contributed by atoms with van der Waals surface area (Å²) in [4.78, 5) is 8.03. The summed E-state index contributed by atoms with van der Waals surface area (Å²) in [7, 11) is 1.86. The molecule has 6 nitrogen and oxygen atoms in total. The second-order valence-electron chi connectivity index (χ2n) is 3.26. The first-order valence-corrected chi connectivity index (χ1v) is 4.50. The zero-order valence-corrected chi connectivity index (χ0v) is 8.60. The van der Waals surface area contributed by atoms with Crippen LogP contribution < -0.4 is 11.1 Å². The van der Waals surface area contributed by atoms with Crippen molar-refractivity contribution in [2.75, 3.05) is 11.1 Å². The number of anilines is 3. The fourth-order valence-corrected chi connectivity index (χ4v) is 1.30. The fourth-order valence-electron chi connectivity index (χ4n) is 1.30. The molecule has 2 rings (SSSR count). The van der Waals surface area contributed by atoms with E-state index in [1.54, 1.807) is 10.9 Å². The smallest absolute Gasteiger partial charge is 0.151 e. The second-order valence-corrected chi connectivity index (χ2v) is 3.26. The molecule has 15 heavy (non-hydrogen) atoms. The molecule has 0 saturated heterocycles. The molecular formula is C9H12N6. The van der Waals surface area contributed by atoms with E-state index in [0.29, 0.717) is 11.6 Å². The molecule has 0 radical (unpaired) electrons. The van der Waals surface area contributed by atoms with Gasteiger partial charge in [-0.3, -0.25) is 9.67 Å². The first-order valence-electron chi connectivity index (χ1n) is 4.50. The van der Waals surface area contributed by atoms with Crippen LogP contribution >= 0.6 is 0 Å². The molecule has 0 bridgehead atoms. The summed E-state index contributed by atoms with van der Waals surface area (Å²) in [6.07, 6.45) is 4.99. The largest absolute Gasteiger partial charge is 0.382 e. The van der Waals surface area contributed by atoms with Crippen molar-refractivity contribution in [3.8, 4) is 0 Å². The van der Waals surface area contributed by atoms with Crippen LogP contribution in [-0.4, -0.2) is 19.7 Å². The highest BCUT2D eigenvalue weighted by molar-refractivity contribution is 5.57. The highest BCUT2D eigenvalue weighted by atomic mass is 15.3. The minimum atomic E-state index is 0.390. The van der Waals surface area contributed by atoms with Gasteiger partial charge in [-0.05, 0) is 6.92 Å². The molecule has 0 saturated carbocycles. The Balaban J connectivity index is 2.25. The Kier molecular flexibility index (Phi) is 2.24. The van der Waals surface area contributed by atoms with E-state index in [0.717, 1.165) is 11.4 Å². The molecule has 0 spiro atoms. The SMILES string of the molecule is Cc1nn(C)cc1Nc1cncc(N)n1. The molecule has 3 N–H and O–H groups in total. The number of hydrogen-bond donors (Lipinski definition) is 2. The lowest BCUT2D eigenvalue weighted by Crippen LogP contribution is -1.98. The van der Waals surface area contributed by atoms with E-state index >= 15 is 0 Å². The normalized spacial score (nSPS) is 10.3. The van der Waals surface area contributed by atoms with Crippen LogP contribution in [0.3, 0.4) is 0 Å². The van der Waals surface area contributed by atoms with E-state index in [1.807, 2.05) is 20.2 Å². The van der Waals surface area contributed by atoms with Crippen LogP contribution in [0, 0.1) is 6.92 Å². The predicted octanol–water partition coefficient (Wildman–Crippen LogP) is 0.844. The Bertz CT molecular complexity index is 475. The first kappa shape index (κ1) is 9.45. The van der Waals surface area contributed by atoms with E-state index in [-0.39, 0.29) is 0 Å². The summed E-state index contributed by atoms with van der Waals surface area (Å²) in [6, 6.07) is 0. The van der Waals surface area contributed by atoms with E-state index in [1.165, 1.54) is 6.20 Å². The summed E-state index contributed by atoms with van der Waals surface area (Å²) in [6.45, 7) is 1.92. The van der Waals surface area contributed by atoms with E-state index in [4.69, 9.17) is 5.73 Å². The molecule has 0 aliphatic heterocycles. The quantitative estimate of drug-likeness (QED) is 0.757. The van der Waals surface area contributed by atoms with Gasteiger partial charge in [0.15, 0.2) is 5.82 Å². The van der Waals surface area contributed by atoms with Crippen LogP contribution in [0.1, 0.15) is 5.69 Å². The molecular weight excluding hydrogens is 192 g/mol. The minimum absolute atomic E-state index is 0.390. The molecule has 2 aromatic heterocycles. The van der Waals surface area contributed by atoms with Gasteiger partial charge in [-0.25, -0.2) is 4.98 Å². The number of aryl methyl sites for hydroxylation is 2. The number of nitrogens with zero attached hydrogens (tertiary/aromatic N) is 4. The lowest BCUT2D eigenvalue weighted by atomic mass is 10.4. The van der Waals surface area contributed by atoms with E-state index in [2.05, 4.69) is 20.4 Å². The Morgan fingerprint density at radius 3 is 2.80 bits per heavy atom. The van der Waals surface area contributed by atoms with Gasteiger partial charge < -0.3 is 11.1 Å². The number of rotatable bonds is 2. The van der Waals surface area contributed by atoms with Crippen LogP contribution in [0.15, 0.2) is 18.6 Å². The molecule has 0 aliphatic carbocycles. The maximum absolute atomic E-state index is 5.52. The number of aromatic nitrogens is 4. The number of nitrogen functional groups attached to an aromatic ring is 1. The molecule has 0 fully saturated rings. The molecule has 0 unspecified atom stereocenters. The van der Waals surface area contributed by atoms with Crippen molar-refractivity contribution < 1.29 is 0 Å². The van der Waals surface area contributed by atoms with Crippen LogP contribution in [-0.2, 0) is 7.05 Å². The van der Waals surface area contributed by atoms with Crippen LogP contribution in [0.4, 0.5) is 17.3 Å². The Morgan fingerprint density at radius 1 is 1.40 bits per heavy atom. The van der Waals surface area contributed by atoms with Crippen molar-refractivity contribution in [3.05, 3.63) is 24.3 Å². The van der Waals surface area contributed by atoms with Gasteiger partial charge in [0, 0.05) is 13.2 Å². The molecule has 78 valence electrons. The summed E-state index contributed by atoms with van der Waals surface area (Å²) < 4.78 is 1.73. The summed E-state index contributed by atoms with van der Waals surface area (Å²) in [5.41, 5.74) is 7.33. The predicted molar refractivity (Wildman–Crippen MR) is 57.7 cm³/mol. The number of hydrogen-bond acceptors (Lipinski definition) is 5. The van der Waals surface area contributed by atoms with Gasteiger partial charge in [0.25, 0.3) is 0 Å². The Hall–Kier alpha value is -2.11. The highest BCUT2D eigenvalue weighted by Gasteiger charge is 2.03. The van der Waals surface area contributed by atoms with Gasteiger partial charge in [-0.15, -0.1) is 0 Å². The Morgan fingerprint density at radius 2 is 2.20 bits per heavy atom. The maximum atomic E-state index is 5.52. The van der Waals surface area contributed by atoms with Gasteiger partial charge in [-0.2, -0.15) is 5.10 Å². The Labute approximate surface area is 87.2 Å². The number of nitrogens with one attached hydrogen (secondary N) is 1. The van der Waals surface area contributed by atoms with Crippen LogP contribution in [0.2, 0.25) is 0 Å². The monoisotopic (exact) mass is 204 g/mol. The zero-order valence-electron chi connectivity index (χ0n) is 8.60. The lowest BCUT2D eigenvalue weighted by Gasteiger charge is -2.02. The number of nitrogens with two attached hydrogens (primary N) is 1. The van der Waals surface area contributed by atoms with E-state index < -0.39 is 0 Å². The third-order valence-corrected chi connectivity index (χ3v) is 1.93. The molecule has 0 atom stereocenters. The van der Waals surface area contributed by atoms with Gasteiger partial charge in [-0.1, -0.05) is 0 Å².